The Balaban J connectivity index is 2.41. The summed E-state index contributed by atoms with van der Waals surface area (Å²) < 4.78 is 0. The monoisotopic (exact) mass is 232 g/mol. The maximum Gasteiger partial charge on any atom is 0.0419 e. The second-order valence-electron chi connectivity index (χ2n) is 4.40. The van der Waals surface area contributed by atoms with Crippen LogP contribution in [0.3, 0.4) is 0 Å². The van der Waals surface area contributed by atoms with Crippen molar-refractivity contribution in [2.24, 2.45) is 0 Å². The fourth-order valence-electron chi connectivity index (χ4n) is 1.90. The average molecular weight is 232 g/mol. The maximum atomic E-state index is 4.39. The van der Waals surface area contributed by atoms with Crippen molar-refractivity contribution in [3.05, 3.63) is 42.7 Å². The van der Waals surface area contributed by atoms with E-state index in [2.05, 4.69) is 35.9 Å². The van der Waals surface area contributed by atoms with Crippen LogP contribution in [-0.4, -0.2) is 17.6 Å². The predicted octanol–water partition coefficient (Wildman–Crippen LogP) is 3.35. The highest BCUT2D eigenvalue weighted by atomic mass is 14.9. The molecule has 0 spiro atoms. The minimum Gasteiger partial charge on any atom is -0.314 e. The van der Waals surface area contributed by atoms with Gasteiger partial charge in [-0.3, -0.25) is 4.98 Å². The SMILES string of the molecule is C=CCCCC(Cc1ccccn1)NCCC. The van der Waals surface area contributed by atoms with Crippen molar-refractivity contribution >= 4 is 0 Å². The summed E-state index contributed by atoms with van der Waals surface area (Å²) in [6.07, 6.45) is 9.58. The lowest BCUT2D eigenvalue weighted by molar-refractivity contribution is 0.462. The summed E-state index contributed by atoms with van der Waals surface area (Å²) >= 11 is 0. The first kappa shape index (κ1) is 13.9. The Bertz CT molecular complexity index is 295. The molecule has 2 nitrogen and oxygen atoms in total. The second-order valence-corrected chi connectivity index (χ2v) is 4.40. The molecule has 2 heteroatoms. The number of hydrogen-bond acceptors (Lipinski definition) is 2. The molecule has 0 amide bonds. The van der Waals surface area contributed by atoms with Gasteiger partial charge in [0.25, 0.3) is 0 Å². The molecule has 0 bridgehead atoms. The molecule has 0 aliphatic rings. The Morgan fingerprint density at radius 3 is 3.00 bits per heavy atom. The summed E-state index contributed by atoms with van der Waals surface area (Å²) in [5.41, 5.74) is 1.18. The molecule has 0 radical (unpaired) electrons. The number of hydrogen-bond donors (Lipinski definition) is 1. The van der Waals surface area contributed by atoms with Crippen LogP contribution in [0, 0.1) is 0 Å². The van der Waals surface area contributed by atoms with E-state index in [4.69, 9.17) is 0 Å². The molecule has 17 heavy (non-hydrogen) atoms. The molecule has 1 heterocycles. The summed E-state index contributed by atoms with van der Waals surface area (Å²) in [6, 6.07) is 6.68. The molecule has 0 saturated heterocycles. The normalized spacial score (nSPS) is 12.3. The Morgan fingerprint density at radius 1 is 1.47 bits per heavy atom. The standard InChI is InChI=1S/C15H24N2/c1-3-5-6-9-14(16-11-4-2)13-15-10-7-8-12-17-15/h3,7-8,10,12,14,16H,1,4-6,9,11,13H2,2H3. The molecule has 0 aliphatic carbocycles. The van der Waals surface area contributed by atoms with Gasteiger partial charge in [0.05, 0.1) is 0 Å². The van der Waals surface area contributed by atoms with E-state index in [9.17, 15) is 0 Å². The zero-order valence-corrected chi connectivity index (χ0v) is 10.9. The van der Waals surface area contributed by atoms with Gasteiger partial charge in [-0.05, 0) is 44.4 Å². The number of rotatable bonds is 9. The lowest BCUT2D eigenvalue weighted by Gasteiger charge is -2.17. The van der Waals surface area contributed by atoms with E-state index in [1.165, 1.54) is 25.0 Å². The van der Waals surface area contributed by atoms with Gasteiger partial charge in [0.15, 0.2) is 0 Å². The maximum absolute atomic E-state index is 4.39. The van der Waals surface area contributed by atoms with Crippen molar-refractivity contribution < 1.29 is 0 Å². The third kappa shape index (κ3) is 6.22. The van der Waals surface area contributed by atoms with Crippen LogP contribution in [0.15, 0.2) is 37.1 Å². The molecule has 0 saturated carbocycles. The highest BCUT2D eigenvalue weighted by Gasteiger charge is 2.08. The van der Waals surface area contributed by atoms with Gasteiger partial charge in [-0.15, -0.1) is 6.58 Å². The predicted molar refractivity (Wildman–Crippen MR) is 74.1 cm³/mol. The minimum atomic E-state index is 0.546. The van der Waals surface area contributed by atoms with E-state index in [0.29, 0.717) is 6.04 Å². The van der Waals surface area contributed by atoms with Crippen LogP contribution in [-0.2, 0) is 6.42 Å². The summed E-state index contributed by atoms with van der Waals surface area (Å²) in [7, 11) is 0. The van der Waals surface area contributed by atoms with Gasteiger partial charge in [-0.2, -0.15) is 0 Å². The zero-order valence-electron chi connectivity index (χ0n) is 10.9. The number of allylic oxidation sites excluding steroid dienone is 1. The van der Waals surface area contributed by atoms with Crippen LogP contribution in [0.4, 0.5) is 0 Å². The number of nitrogens with zero attached hydrogens (tertiary/aromatic N) is 1. The van der Waals surface area contributed by atoms with Crippen LogP contribution in [0.1, 0.15) is 38.3 Å². The molecule has 0 fully saturated rings. The van der Waals surface area contributed by atoms with E-state index in [1.807, 2.05) is 18.3 Å². The molecule has 1 aromatic rings. The molecular weight excluding hydrogens is 208 g/mol. The average Bonchev–Trinajstić information content (AvgIpc) is 2.37. The molecule has 0 aromatic carbocycles. The van der Waals surface area contributed by atoms with E-state index in [-0.39, 0.29) is 0 Å². The van der Waals surface area contributed by atoms with Gasteiger partial charge >= 0.3 is 0 Å². The summed E-state index contributed by atoms with van der Waals surface area (Å²) in [5, 5.41) is 3.60. The Hall–Kier alpha value is -1.15. The highest BCUT2D eigenvalue weighted by molar-refractivity contribution is 5.05. The highest BCUT2D eigenvalue weighted by Crippen LogP contribution is 2.07. The van der Waals surface area contributed by atoms with Gasteiger partial charge in [0.1, 0.15) is 0 Å². The van der Waals surface area contributed by atoms with Crippen molar-refractivity contribution in [2.75, 3.05) is 6.54 Å². The number of aromatic nitrogens is 1. The van der Waals surface area contributed by atoms with Crippen molar-refractivity contribution in [2.45, 2.75) is 45.1 Å². The van der Waals surface area contributed by atoms with Crippen molar-refractivity contribution in [1.29, 1.82) is 0 Å². The Kier molecular flexibility index (Phi) is 7.32. The molecule has 1 unspecified atom stereocenters. The van der Waals surface area contributed by atoms with E-state index < -0.39 is 0 Å². The largest absolute Gasteiger partial charge is 0.314 e. The smallest absolute Gasteiger partial charge is 0.0419 e. The van der Waals surface area contributed by atoms with Gasteiger partial charge in [-0.1, -0.05) is 19.1 Å². The van der Waals surface area contributed by atoms with Gasteiger partial charge < -0.3 is 5.32 Å². The lowest BCUT2D eigenvalue weighted by atomic mass is 10.0. The first-order valence-electron chi connectivity index (χ1n) is 6.61. The Labute approximate surface area is 105 Å². The number of nitrogens with one attached hydrogen (secondary N) is 1. The summed E-state index contributed by atoms with van der Waals surface area (Å²) in [5.74, 6) is 0. The quantitative estimate of drug-likeness (QED) is 0.522. The minimum absolute atomic E-state index is 0.546. The van der Waals surface area contributed by atoms with E-state index in [0.717, 1.165) is 19.4 Å². The van der Waals surface area contributed by atoms with E-state index >= 15 is 0 Å². The number of pyridine rings is 1. The van der Waals surface area contributed by atoms with Gasteiger partial charge in [0, 0.05) is 24.4 Å². The number of unbranched alkanes of at least 4 members (excludes halogenated alkanes) is 1. The molecule has 94 valence electrons. The molecular formula is C15H24N2. The molecule has 1 N–H and O–H groups in total. The van der Waals surface area contributed by atoms with Crippen molar-refractivity contribution in [1.82, 2.24) is 10.3 Å². The first-order chi connectivity index (χ1) is 8.36. The van der Waals surface area contributed by atoms with Crippen LogP contribution in [0.2, 0.25) is 0 Å². The van der Waals surface area contributed by atoms with Crippen molar-refractivity contribution in [3.8, 4) is 0 Å². The Morgan fingerprint density at radius 2 is 2.35 bits per heavy atom. The van der Waals surface area contributed by atoms with Crippen molar-refractivity contribution in [3.63, 3.8) is 0 Å². The van der Waals surface area contributed by atoms with Crippen LogP contribution in [0.25, 0.3) is 0 Å². The molecule has 1 atom stereocenters. The summed E-state index contributed by atoms with van der Waals surface area (Å²) in [6.45, 7) is 7.06. The fourth-order valence-corrected chi connectivity index (χ4v) is 1.90. The summed E-state index contributed by atoms with van der Waals surface area (Å²) in [4.78, 5) is 4.39. The fraction of sp³-hybridized carbons (Fsp3) is 0.533. The van der Waals surface area contributed by atoms with E-state index in [1.54, 1.807) is 0 Å². The van der Waals surface area contributed by atoms with Gasteiger partial charge in [0.2, 0.25) is 0 Å². The molecule has 1 aromatic heterocycles. The third-order valence-corrected chi connectivity index (χ3v) is 2.83. The van der Waals surface area contributed by atoms with Crippen LogP contribution in [0.5, 0.6) is 0 Å². The van der Waals surface area contributed by atoms with Gasteiger partial charge in [-0.25, -0.2) is 0 Å². The lowest BCUT2D eigenvalue weighted by Crippen LogP contribution is -2.32. The first-order valence-corrected chi connectivity index (χ1v) is 6.61. The topological polar surface area (TPSA) is 24.9 Å². The third-order valence-electron chi connectivity index (χ3n) is 2.83. The van der Waals surface area contributed by atoms with Crippen LogP contribution < -0.4 is 5.32 Å². The molecule has 1 rings (SSSR count). The van der Waals surface area contributed by atoms with Crippen LogP contribution >= 0.6 is 0 Å². The zero-order chi connectivity index (χ0) is 12.3. The molecule has 0 aliphatic heterocycles. The second kappa shape index (κ2) is 8.94.